The highest BCUT2D eigenvalue weighted by molar-refractivity contribution is 6.02. The lowest BCUT2D eigenvalue weighted by Gasteiger charge is -2.25. The molecule has 1 aliphatic heterocycles. The largest absolute Gasteiger partial charge is 0.478 e. The molecule has 0 bridgehead atoms. The summed E-state index contributed by atoms with van der Waals surface area (Å²) < 4.78 is 0. The predicted molar refractivity (Wildman–Crippen MR) is 74.4 cm³/mol. The Kier molecular flexibility index (Phi) is 3.25. The number of aromatic nitrogens is 1. The van der Waals surface area contributed by atoms with Crippen molar-refractivity contribution in [3.05, 3.63) is 35.5 Å². The SMILES string of the molecule is O=C(O)c1cccc2cc(CN3CCCCC3)[nH]c12. The molecule has 2 heterocycles. The van der Waals surface area contributed by atoms with Gasteiger partial charge in [-0.2, -0.15) is 0 Å². The number of aromatic amines is 1. The number of fused-ring (bicyclic) bond motifs is 1. The van der Waals surface area contributed by atoms with Gasteiger partial charge in [0.05, 0.1) is 11.1 Å². The van der Waals surface area contributed by atoms with E-state index >= 15 is 0 Å². The highest BCUT2D eigenvalue weighted by atomic mass is 16.4. The fourth-order valence-corrected chi connectivity index (χ4v) is 2.84. The Hall–Kier alpha value is -1.81. The van der Waals surface area contributed by atoms with Crippen LogP contribution in [0.3, 0.4) is 0 Å². The molecule has 2 aromatic rings. The average Bonchev–Trinajstić information content (AvgIpc) is 2.81. The van der Waals surface area contributed by atoms with Crippen molar-refractivity contribution >= 4 is 16.9 Å². The first kappa shape index (κ1) is 12.2. The summed E-state index contributed by atoms with van der Waals surface area (Å²) in [4.78, 5) is 16.9. The zero-order valence-corrected chi connectivity index (χ0v) is 10.9. The Morgan fingerprint density at radius 2 is 2.05 bits per heavy atom. The summed E-state index contributed by atoms with van der Waals surface area (Å²) in [5, 5.41) is 10.2. The zero-order valence-electron chi connectivity index (χ0n) is 10.9. The number of rotatable bonds is 3. The first-order chi connectivity index (χ1) is 9.24. The van der Waals surface area contributed by atoms with Gasteiger partial charge >= 0.3 is 5.97 Å². The van der Waals surface area contributed by atoms with Crippen LogP contribution in [0.4, 0.5) is 0 Å². The van der Waals surface area contributed by atoms with E-state index in [4.69, 9.17) is 0 Å². The second-order valence-electron chi connectivity index (χ2n) is 5.21. The van der Waals surface area contributed by atoms with Gasteiger partial charge in [0.25, 0.3) is 0 Å². The number of piperidine rings is 1. The van der Waals surface area contributed by atoms with E-state index in [1.54, 1.807) is 12.1 Å². The van der Waals surface area contributed by atoms with E-state index in [0.717, 1.165) is 36.2 Å². The molecule has 19 heavy (non-hydrogen) atoms. The molecule has 1 fully saturated rings. The standard InChI is InChI=1S/C15H18N2O2/c18-15(19)13-6-4-5-11-9-12(16-14(11)13)10-17-7-2-1-3-8-17/h4-6,9,16H,1-3,7-8,10H2,(H,18,19). The van der Waals surface area contributed by atoms with E-state index in [1.807, 2.05) is 6.07 Å². The smallest absolute Gasteiger partial charge is 0.337 e. The Balaban J connectivity index is 1.88. The average molecular weight is 258 g/mol. The quantitative estimate of drug-likeness (QED) is 0.890. The fourth-order valence-electron chi connectivity index (χ4n) is 2.84. The molecule has 1 aromatic heterocycles. The molecule has 0 saturated carbocycles. The summed E-state index contributed by atoms with van der Waals surface area (Å²) in [5.41, 5.74) is 2.19. The Morgan fingerprint density at radius 1 is 1.26 bits per heavy atom. The van der Waals surface area contributed by atoms with Gasteiger partial charge in [0.15, 0.2) is 0 Å². The van der Waals surface area contributed by atoms with Crippen LogP contribution in [-0.4, -0.2) is 34.0 Å². The number of hydrogen-bond donors (Lipinski definition) is 2. The number of para-hydroxylation sites is 1. The van der Waals surface area contributed by atoms with E-state index < -0.39 is 5.97 Å². The van der Waals surface area contributed by atoms with Crippen LogP contribution in [0.25, 0.3) is 10.9 Å². The van der Waals surface area contributed by atoms with Crippen LogP contribution in [0, 0.1) is 0 Å². The molecule has 3 rings (SSSR count). The van der Waals surface area contributed by atoms with Crippen molar-refractivity contribution in [1.82, 2.24) is 9.88 Å². The Bertz CT molecular complexity index is 597. The molecular weight excluding hydrogens is 240 g/mol. The minimum atomic E-state index is -0.878. The number of aromatic carboxylic acids is 1. The van der Waals surface area contributed by atoms with Crippen molar-refractivity contribution in [3.8, 4) is 0 Å². The van der Waals surface area contributed by atoms with Gasteiger partial charge in [-0.05, 0) is 38.1 Å². The van der Waals surface area contributed by atoms with Crippen LogP contribution in [0.1, 0.15) is 35.3 Å². The topological polar surface area (TPSA) is 56.3 Å². The molecule has 1 aromatic carbocycles. The van der Waals surface area contributed by atoms with Crippen molar-refractivity contribution in [1.29, 1.82) is 0 Å². The normalized spacial score (nSPS) is 16.8. The van der Waals surface area contributed by atoms with Gasteiger partial charge in [-0.25, -0.2) is 4.79 Å². The number of carboxylic acids is 1. The van der Waals surface area contributed by atoms with E-state index in [-0.39, 0.29) is 0 Å². The summed E-state index contributed by atoms with van der Waals surface area (Å²) in [5.74, 6) is -0.878. The molecule has 0 spiro atoms. The van der Waals surface area contributed by atoms with Crippen LogP contribution >= 0.6 is 0 Å². The molecular formula is C15H18N2O2. The highest BCUT2D eigenvalue weighted by Gasteiger charge is 2.14. The molecule has 0 atom stereocenters. The van der Waals surface area contributed by atoms with Gasteiger partial charge in [-0.3, -0.25) is 4.90 Å². The third kappa shape index (κ3) is 2.49. The Morgan fingerprint density at radius 3 is 2.79 bits per heavy atom. The number of hydrogen-bond acceptors (Lipinski definition) is 2. The van der Waals surface area contributed by atoms with Gasteiger partial charge in [0, 0.05) is 17.6 Å². The summed E-state index contributed by atoms with van der Waals surface area (Å²) in [6.45, 7) is 3.16. The third-order valence-corrected chi connectivity index (χ3v) is 3.79. The van der Waals surface area contributed by atoms with Crippen molar-refractivity contribution < 1.29 is 9.90 Å². The lowest BCUT2D eigenvalue weighted by Crippen LogP contribution is -2.29. The maximum absolute atomic E-state index is 11.2. The maximum atomic E-state index is 11.2. The van der Waals surface area contributed by atoms with Crippen LogP contribution in [0.2, 0.25) is 0 Å². The number of nitrogens with one attached hydrogen (secondary N) is 1. The lowest BCUT2D eigenvalue weighted by molar-refractivity contribution is 0.0699. The molecule has 1 aliphatic rings. The van der Waals surface area contributed by atoms with Crippen molar-refractivity contribution in [3.63, 3.8) is 0 Å². The Labute approximate surface area is 112 Å². The number of nitrogens with zero attached hydrogens (tertiary/aromatic N) is 1. The minimum Gasteiger partial charge on any atom is -0.478 e. The molecule has 0 radical (unpaired) electrons. The van der Waals surface area contributed by atoms with E-state index in [0.29, 0.717) is 5.56 Å². The van der Waals surface area contributed by atoms with Gasteiger partial charge in [-0.15, -0.1) is 0 Å². The monoisotopic (exact) mass is 258 g/mol. The van der Waals surface area contributed by atoms with E-state index in [2.05, 4.69) is 16.0 Å². The van der Waals surface area contributed by atoms with Crippen molar-refractivity contribution in [2.24, 2.45) is 0 Å². The van der Waals surface area contributed by atoms with Crippen LogP contribution < -0.4 is 0 Å². The molecule has 0 aliphatic carbocycles. The van der Waals surface area contributed by atoms with Crippen molar-refractivity contribution in [2.45, 2.75) is 25.8 Å². The summed E-state index contributed by atoms with van der Waals surface area (Å²) >= 11 is 0. The first-order valence-electron chi connectivity index (χ1n) is 6.80. The van der Waals surface area contributed by atoms with Crippen LogP contribution in [0.15, 0.2) is 24.3 Å². The molecule has 4 nitrogen and oxygen atoms in total. The number of likely N-dealkylation sites (tertiary alicyclic amines) is 1. The van der Waals surface area contributed by atoms with Crippen molar-refractivity contribution in [2.75, 3.05) is 13.1 Å². The van der Waals surface area contributed by atoms with Crippen LogP contribution in [-0.2, 0) is 6.54 Å². The predicted octanol–water partition coefficient (Wildman–Crippen LogP) is 2.85. The van der Waals surface area contributed by atoms with Gasteiger partial charge in [-0.1, -0.05) is 18.6 Å². The lowest BCUT2D eigenvalue weighted by atomic mass is 10.1. The van der Waals surface area contributed by atoms with E-state index in [9.17, 15) is 9.90 Å². The summed E-state index contributed by atoms with van der Waals surface area (Å²) in [7, 11) is 0. The second kappa shape index (κ2) is 5.05. The van der Waals surface area contributed by atoms with E-state index in [1.165, 1.54) is 19.3 Å². The number of benzene rings is 1. The molecule has 100 valence electrons. The minimum absolute atomic E-state index is 0.349. The van der Waals surface area contributed by atoms with Gasteiger partial charge in [0.2, 0.25) is 0 Å². The number of H-pyrrole nitrogens is 1. The number of carboxylic acid groups (broad SMARTS) is 1. The second-order valence-corrected chi connectivity index (χ2v) is 5.21. The maximum Gasteiger partial charge on any atom is 0.337 e. The first-order valence-corrected chi connectivity index (χ1v) is 6.80. The summed E-state index contributed by atoms with van der Waals surface area (Å²) in [6, 6.07) is 7.46. The van der Waals surface area contributed by atoms with Gasteiger partial charge < -0.3 is 10.1 Å². The molecule has 0 amide bonds. The fraction of sp³-hybridized carbons (Fsp3) is 0.400. The molecule has 2 N–H and O–H groups in total. The van der Waals surface area contributed by atoms with Gasteiger partial charge in [0.1, 0.15) is 0 Å². The zero-order chi connectivity index (χ0) is 13.2. The third-order valence-electron chi connectivity index (χ3n) is 3.79. The summed E-state index contributed by atoms with van der Waals surface area (Å²) in [6.07, 6.45) is 3.85. The molecule has 0 unspecified atom stereocenters. The number of carbonyl (C=O) groups is 1. The molecule has 1 saturated heterocycles. The van der Waals surface area contributed by atoms with Crippen LogP contribution in [0.5, 0.6) is 0 Å². The highest BCUT2D eigenvalue weighted by Crippen LogP contribution is 2.21. The molecule has 4 heteroatoms.